The molecule has 0 saturated carbocycles. The molecule has 4 aromatic rings. The topological polar surface area (TPSA) is 77.9 Å². The smallest absolute Gasteiger partial charge is 0.261 e. The van der Waals surface area contributed by atoms with Gasteiger partial charge in [0.25, 0.3) is 5.91 Å². The molecule has 0 atom stereocenters. The fourth-order valence-corrected chi connectivity index (χ4v) is 4.73. The number of para-hydroxylation sites is 1. The lowest BCUT2D eigenvalue weighted by Gasteiger charge is -2.12. The van der Waals surface area contributed by atoms with Crippen LogP contribution in [-0.2, 0) is 17.8 Å². The van der Waals surface area contributed by atoms with Gasteiger partial charge in [-0.25, -0.2) is 0 Å². The summed E-state index contributed by atoms with van der Waals surface area (Å²) >= 11 is 24.9. The highest BCUT2D eigenvalue weighted by Crippen LogP contribution is 2.36. The number of nitrogens with zero attached hydrogens (tertiary/aromatic N) is 1. The molecular formula is C27H19Cl4N3O2. The van der Waals surface area contributed by atoms with Crippen LogP contribution in [0.25, 0.3) is 17.0 Å². The van der Waals surface area contributed by atoms with E-state index in [0.717, 1.165) is 16.5 Å². The van der Waals surface area contributed by atoms with Gasteiger partial charge in [0, 0.05) is 39.3 Å². The molecule has 1 aromatic heterocycles. The monoisotopic (exact) mass is 557 g/mol. The SMILES string of the molecule is N#C/C(=C/c1cc(Cl)c(OCc2ccc(Cl)cc2Cl)c(Cl)c1)C(=O)NCCc1c[nH]c2ccccc12. The number of aromatic nitrogens is 1. The van der Waals surface area contributed by atoms with E-state index in [9.17, 15) is 10.1 Å². The second-order valence-corrected chi connectivity index (χ2v) is 9.53. The number of ether oxygens (including phenoxy) is 1. The van der Waals surface area contributed by atoms with Crippen molar-refractivity contribution >= 4 is 69.3 Å². The molecule has 0 saturated heterocycles. The van der Waals surface area contributed by atoms with E-state index < -0.39 is 5.91 Å². The average Bonchev–Trinajstić information content (AvgIpc) is 3.26. The number of halogens is 4. The average molecular weight is 559 g/mol. The van der Waals surface area contributed by atoms with Gasteiger partial charge in [0.1, 0.15) is 18.2 Å². The molecule has 1 amide bonds. The normalized spacial score (nSPS) is 11.4. The molecule has 5 nitrogen and oxygen atoms in total. The maximum absolute atomic E-state index is 12.6. The van der Waals surface area contributed by atoms with Crippen molar-refractivity contribution in [3.63, 3.8) is 0 Å². The Morgan fingerprint density at radius 3 is 2.47 bits per heavy atom. The van der Waals surface area contributed by atoms with E-state index in [4.69, 9.17) is 51.1 Å². The van der Waals surface area contributed by atoms with Crippen molar-refractivity contribution in [1.29, 1.82) is 5.26 Å². The summed E-state index contributed by atoms with van der Waals surface area (Å²) in [4.78, 5) is 15.8. The Labute approximate surface area is 228 Å². The third-order valence-electron chi connectivity index (χ3n) is 5.44. The maximum Gasteiger partial charge on any atom is 0.261 e. The predicted molar refractivity (Wildman–Crippen MR) is 146 cm³/mol. The minimum atomic E-state index is -0.484. The Kier molecular flexibility index (Phi) is 8.45. The number of hydrogen-bond acceptors (Lipinski definition) is 3. The molecule has 0 bridgehead atoms. The molecule has 9 heteroatoms. The minimum absolute atomic E-state index is 0.0670. The lowest BCUT2D eigenvalue weighted by atomic mass is 10.1. The molecule has 2 N–H and O–H groups in total. The zero-order valence-corrected chi connectivity index (χ0v) is 21.8. The molecule has 0 radical (unpaired) electrons. The van der Waals surface area contributed by atoms with Crippen molar-refractivity contribution in [2.24, 2.45) is 0 Å². The Morgan fingerprint density at radius 1 is 1.00 bits per heavy atom. The second kappa shape index (κ2) is 11.7. The Morgan fingerprint density at radius 2 is 1.75 bits per heavy atom. The van der Waals surface area contributed by atoms with E-state index in [1.54, 1.807) is 30.3 Å². The van der Waals surface area contributed by atoms with E-state index in [2.05, 4.69) is 10.3 Å². The Balaban J connectivity index is 1.41. The maximum atomic E-state index is 12.6. The third kappa shape index (κ3) is 6.16. The van der Waals surface area contributed by atoms with Crippen LogP contribution in [0.1, 0.15) is 16.7 Å². The van der Waals surface area contributed by atoms with E-state index >= 15 is 0 Å². The molecule has 0 aliphatic heterocycles. The fourth-order valence-electron chi connectivity index (χ4n) is 3.65. The zero-order chi connectivity index (χ0) is 25.7. The van der Waals surface area contributed by atoms with Crippen LogP contribution in [0.4, 0.5) is 0 Å². The number of hydrogen-bond donors (Lipinski definition) is 2. The zero-order valence-electron chi connectivity index (χ0n) is 18.7. The van der Waals surface area contributed by atoms with Crippen molar-refractivity contribution in [2.45, 2.75) is 13.0 Å². The van der Waals surface area contributed by atoms with Crippen LogP contribution in [0.5, 0.6) is 5.75 Å². The molecule has 1 heterocycles. The molecule has 0 unspecified atom stereocenters. The fraction of sp³-hybridized carbons (Fsp3) is 0.111. The molecule has 0 fully saturated rings. The van der Waals surface area contributed by atoms with Crippen LogP contribution < -0.4 is 10.1 Å². The number of carbonyl (C=O) groups excluding carboxylic acids is 1. The summed E-state index contributed by atoms with van der Waals surface area (Å²) in [7, 11) is 0. The van der Waals surface area contributed by atoms with Crippen LogP contribution in [0.2, 0.25) is 20.1 Å². The van der Waals surface area contributed by atoms with E-state index in [1.807, 2.05) is 36.5 Å². The standard InChI is InChI=1S/C27H19Cl4N3O2/c28-20-6-5-18(22(29)12-20)15-36-26-23(30)10-16(11-24(26)31)9-19(13-32)27(35)33-8-7-17-14-34-25-4-2-1-3-21(17)25/h1-6,9-12,14,34H,7-8,15H2,(H,33,35)/b19-9-. The van der Waals surface area contributed by atoms with Crippen molar-refractivity contribution < 1.29 is 9.53 Å². The summed E-state index contributed by atoms with van der Waals surface area (Å²) in [5, 5.41) is 14.9. The van der Waals surface area contributed by atoms with E-state index in [1.165, 1.54) is 6.08 Å². The number of nitriles is 1. The quantitative estimate of drug-likeness (QED) is 0.172. The van der Waals surface area contributed by atoms with Crippen molar-refractivity contribution in [1.82, 2.24) is 10.3 Å². The van der Waals surface area contributed by atoms with Crippen molar-refractivity contribution in [2.75, 3.05) is 6.54 Å². The number of rotatable bonds is 8. The number of carbonyl (C=O) groups is 1. The number of H-pyrrole nitrogens is 1. The number of fused-ring (bicyclic) bond motifs is 1. The van der Waals surface area contributed by atoms with Gasteiger partial charge in [-0.2, -0.15) is 5.26 Å². The molecule has 0 aliphatic rings. The van der Waals surface area contributed by atoms with E-state index in [0.29, 0.717) is 34.1 Å². The first-order valence-electron chi connectivity index (χ1n) is 10.9. The molecular weight excluding hydrogens is 540 g/mol. The molecule has 182 valence electrons. The molecule has 36 heavy (non-hydrogen) atoms. The van der Waals surface area contributed by atoms with Crippen LogP contribution in [-0.4, -0.2) is 17.4 Å². The Hall–Kier alpha value is -3.14. The summed E-state index contributed by atoms with van der Waals surface area (Å²) in [6.45, 7) is 0.508. The highest BCUT2D eigenvalue weighted by Gasteiger charge is 2.14. The van der Waals surface area contributed by atoms with Gasteiger partial charge >= 0.3 is 0 Å². The second-order valence-electron chi connectivity index (χ2n) is 7.87. The molecule has 0 aliphatic carbocycles. The van der Waals surface area contributed by atoms with Crippen LogP contribution >= 0.6 is 46.4 Å². The van der Waals surface area contributed by atoms with Crippen LogP contribution in [0, 0.1) is 11.3 Å². The molecule has 3 aromatic carbocycles. The van der Waals surface area contributed by atoms with Crippen molar-refractivity contribution in [3.8, 4) is 11.8 Å². The predicted octanol–water partition coefficient (Wildman–Crippen LogP) is 7.63. The number of nitrogens with one attached hydrogen (secondary N) is 2. The first-order valence-corrected chi connectivity index (χ1v) is 12.4. The van der Waals surface area contributed by atoms with Gasteiger partial charge in [-0.3, -0.25) is 4.79 Å². The van der Waals surface area contributed by atoms with Crippen LogP contribution in [0.3, 0.4) is 0 Å². The van der Waals surface area contributed by atoms with Gasteiger partial charge in [-0.15, -0.1) is 0 Å². The lowest BCUT2D eigenvalue weighted by Crippen LogP contribution is -2.26. The largest absolute Gasteiger partial charge is 0.486 e. The summed E-state index contributed by atoms with van der Waals surface area (Å²) in [6, 6.07) is 18.1. The van der Waals surface area contributed by atoms with Crippen molar-refractivity contribution in [3.05, 3.63) is 103 Å². The number of benzene rings is 3. The van der Waals surface area contributed by atoms with Gasteiger partial charge in [-0.1, -0.05) is 70.7 Å². The highest BCUT2D eigenvalue weighted by atomic mass is 35.5. The minimum Gasteiger partial charge on any atom is -0.486 e. The van der Waals surface area contributed by atoms with Crippen LogP contribution in [0.15, 0.2) is 66.4 Å². The first-order chi connectivity index (χ1) is 17.4. The van der Waals surface area contributed by atoms with Gasteiger partial charge in [0.15, 0.2) is 5.75 Å². The van der Waals surface area contributed by atoms with Gasteiger partial charge in [0.2, 0.25) is 0 Å². The molecule has 4 rings (SSSR count). The highest BCUT2D eigenvalue weighted by molar-refractivity contribution is 6.37. The number of aromatic amines is 1. The number of amides is 1. The van der Waals surface area contributed by atoms with Gasteiger partial charge in [0.05, 0.1) is 10.0 Å². The van der Waals surface area contributed by atoms with Gasteiger partial charge in [-0.05, 0) is 54.0 Å². The summed E-state index contributed by atoms with van der Waals surface area (Å²) in [6.07, 6.45) is 3.97. The summed E-state index contributed by atoms with van der Waals surface area (Å²) in [5.41, 5.74) is 3.26. The third-order valence-corrected chi connectivity index (χ3v) is 6.59. The molecule has 0 spiro atoms. The van der Waals surface area contributed by atoms with Gasteiger partial charge < -0.3 is 15.0 Å². The Bertz CT molecular complexity index is 1480. The first kappa shape index (κ1) is 25.9. The summed E-state index contributed by atoms with van der Waals surface area (Å²) in [5.74, 6) is -0.217. The summed E-state index contributed by atoms with van der Waals surface area (Å²) < 4.78 is 5.77. The lowest BCUT2D eigenvalue weighted by molar-refractivity contribution is -0.117. The van der Waals surface area contributed by atoms with E-state index in [-0.39, 0.29) is 28.0 Å².